The predicted octanol–water partition coefficient (Wildman–Crippen LogP) is 3.93. The fourth-order valence-electron chi connectivity index (χ4n) is 2.87. The van der Waals surface area contributed by atoms with Crippen molar-refractivity contribution in [3.8, 4) is 0 Å². The number of benzene rings is 1. The zero-order valence-corrected chi connectivity index (χ0v) is 18.5. The first-order valence-corrected chi connectivity index (χ1v) is 13.0. The Labute approximate surface area is 181 Å². The second-order valence-corrected chi connectivity index (χ2v) is 11.5. The zero-order chi connectivity index (χ0) is 20.3. The minimum Gasteiger partial charge on any atom is -0.296 e. The van der Waals surface area contributed by atoms with Crippen molar-refractivity contribution >= 4 is 55.5 Å². The second-order valence-electron chi connectivity index (χ2n) is 6.33. The Hall–Kier alpha value is -1.79. The van der Waals surface area contributed by atoms with Gasteiger partial charge in [-0.05, 0) is 48.6 Å². The number of hydrogen-bond donors (Lipinski definition) is 1. The molecule has 7 nitrogen and oxygen atoms in total. The van der Waals surface area contributed by atoms with Crippen LogP contribution >= 0.6 is 34.4 Å². The van der Waals surface area contributed by atoms with Crippen molar-refractivity contribution < 1.29 is 13.2 Å². The van der Waals surface area contributed by atoms with Crippen molar-refractivity contribution in [2.24, 2.45) is 0 Å². The molecule has 0 atom stereocenters. The number of carbonyl (C=O) groups excluding carboxylic acids is 1. The third kappa shape index (κ3) is 4.86. The fourth-order valence-corrected chi connectivity index (χ4v) is 6.91. The van der Waals surface area contributed by atoms with Gasteiger partial charge in [0.1, 0.15) is 0 Å². The van der Waals surface area contributed by atoms with Gasteiger partial charge in [0.05, 0.1) is 4.90 Å². The molecule has 0 spiro atoms. The molecule has 1 N–H and O–H groups in total. The van der Waals surface area contributed by atoms with E-state index < -0.39 is 10.0 Å². The molecule has 1 fully saturated rings. The molecule has 2 aromatic heterocycles. The van der Waals surface area contributed by atoms with Gasteiger partial charge in [-0.3, -0.25) is 10.1 Å². The van der Waals surface area contributed by atoms with Gasteiger partial charge in [0.15, 0.2) is 4.34 Å². The zero-order valence-electron chi connectivity index (χ0n) is 15.3. The quantitative estimate of drug-likeness (QED) is 0.419. The molecule has 29 heavy (non-hydrogen) atoms. The molecule has 1 amide bonds. The van der Waals surface area contributed by atoms with Crippen LogP contribution in [0.25, 0.3) is 0 Å². The van der Waals surface area contributed by atoms with Crippen molar-refractivity contribution in [1.82, 2.24) is 14.5 Å². The number of nitrogens with zero attached hydrogens (tertiary/aromatic N) is 3. The summed E-state index contributed by atoms with van der Waals surface area (Å²) in [6.45, 7) is 1.10. The number of hydrogen-bond acceptors (Lipinski definition) is 8. The minimum atomic E-state index is -3.48. The molecule has 0 bridgehead atoms. The van der Waals surface area contributed by atoms with Crippen LogP contribution in [0.5, 0.6) is 0 Å². The Bertz CT molecular complexity index is 1070. The highest BCUT2D eigenvalue weighted by Gasteiger charge is 2.27. The Kier molecular flexibility index (Phi) is 6.30. The van der Waals surface area contributed by atoms with Gasteiger partial charge in [-0.15, -0.1) is 21.5 Å². The van der Waals surface area contributed by atoms with E-state index in [1.54, 1.807) is 23.1 Å². The summed E-state index contributed by atoms with van der Waals surface area (Å²) in [4.78, 5) is 13.9. The van der Waals surface area contributed by atoms with E-state index >= 15 is 0 Å². The van der Waals surface area contributed by atoms with Crippen molar-refractivity contribution in [1.29, 1.82) is 0 Å². The number of rotatable bonds is 7. The second kappa shape index (κ2) is 8.92. The van der Waals surface area contributed by atoms with Crippen molar-refractivity contribution in [2.45, 2.75) is 27.8 Å². The first-order chi connectivity index (χ1) is 14.0. The number of aromatic nitrogens is 2. The van der Waals surface area contributed by atoms with Gasteiger partial charge in [-0.2, -0.15) is 4.31 Å². The summed E-state index contributed by atoms with van der Waals surface area (Å²) in [5.41, 5.74) is 0.369. The van der Waals surface area contributed by atoms with Crippen molar-refractivity contribution in [3.63, 3.8) is 0 Å². The number of carbonyl (C=O) groups is 1. The lowest BCUT2D eigenvalue weighted by Gasteiger charge is -2.15. The van der Waals surface area contributed by atoms with E-state index in [1.807, 2.05) is 11.4 Å². The molecule has 3 heterocycles. The van der Waals surface area contributed by atoms with Crippen LogP contribution in [0.4, 0.5) is 5.13 Å². The first-order valence-electron chi connectivity index (χ1n) is 8.92. The lowest BCUT2D eigenvalue weighted by Crippen LogP contribution is -2.27. The van der Waals surface area contributed by atoms with Gasteiger partial charge in [0.25, 0.3) is 5.91 Å². The smallest absolute Gasteiger partial charge is 0.257 e. The number of anilines is 1. The predicted molar refractivity (Wildman–Crippen MR) is 116 cm³/mol. The van der Waals surface area contributed by atoms with E-state index in [2.05, 4.69) is 21.6 Å². The Morgan fingerprint density at radius 2 is 1.90 bits per heavy atom. The molecule has 1 aromatic carbocycles. The van der Waals surface area contributed by atoms with Gasteiger partial charge < -0.3 is 0 Å². The molecule has 4 rings (SSSR count). The largest absolute Gasteiger partial charge is 0.296 e. The molecule has 1 aliphatic rings. The van der Waals surface area contributed by atoms with Crippen molar-refractivity contribution in [3.05, 3.63) is 52.2 Å². The van der Waals surface area contributed by atoms with Crippen LogP contribution in [-0.2, 0) is 15.8 Å². The van der Waals surface area contributed by atoms with E-state index in [1.165, 1.54) is 44.8 Å². The summed E-state index contributed by atoms with van der Waals surface area (Å²) in [6, 6.07) is 10.1. The standard InChI is InChI=1S/C18H18N4O3S4/c23-16(19-17-20-21-18(28-17)27-12-14-4-3-11-26-14)13-5-7-15(8-6-13)29(24,25)22-9-1-2-10-22/h3-8,11H,1-2,9-10,12H2,(H,19,20,23). The molecule has 152 valence electrons. The van der Waals surface area contributed by atoms with Crippen LogP contribution < -0.4 is 5.32 Å². The highest BCUT2D eigenvalue weighted by molar-refractivity contribution is 8.00. The average molecular weight is 467 g/mol. The summed E-state index contributed by atoms with van der Waals surface area (Å²) in [7, 11) is -3.48. The van der Waals surface area contributed by atoms with Crippen LogP contribution in [0.3, 0.4) is 0 Å². The third-order valence-corrected chi connectivity index (χ3v) is 9.36. The molecule has 1 saturated heterocycles. The van der Waals surface area contributed by atoms with Gasteiger partial charge in [-0.1, -0.05) is 29.2 Å². The summed E-state index contributed by atoms with van der Waals surface area (Å²) >= 11 is 4.57. The van der Waals surface area contributed by atoms with E-state index in [4.69, 9.17) is 0 Å². The van der Waals surface area contributed by atoms with E-state index in [0.29, 0.717) is 23.8 Å². The summed E-state index contributed by atoms with van der Waals surface area (Å²) in [5.74, 6) is 0.466. The molecular weight excluding hydrogens is 448 g/mol. The minimum absolute atomic E-state index is 0.208. The van der Waals surface area contributed by atoms with Gasteiger partial charge in [0.2, 0.25) is 15.2 Å². The van der Waals surface area contributed by atoms with E-state index in [0.717, 1.165) is 22.9 Å². The Morgan fingerprint density at radius 1 is 1.14 bits per heavy atom. The van der Waals surface area contributed by atoms with Crippen LogP contribution in [0.2, 0.25) is 0 Å². The Balaban J connectivity index is 1.37. The monoisotopic (exact) mass is 466 g/mol. The van der Waals surface area contributed by atoms with Gasteiger partial charge >= 0.3 is 0 Å². The molecule has 0 radical (unpaired) electrons. The van der Waals surface area contributed by atoms with Crippen LogP contribution in [0, 0.1) is 0 Å². The Morgan fingerprint density at radius 3 is 2.59 bits per heavy atom. The molecule has 0 aliphatic carbocycles. The number of sulfonamides is 1. The number of thioether (sulfide) groups is 1. The van der Waals surface area contributed by atoms with E-state index in [9.17, 15) is 13.2 Å². The van der Waals surface area contributed by atoms with E-state index in [-0.39, 0.29) is 10.8 Å². The van der Waals surface area contributed by atoms with Crippen LogP contribution in [-0.4, -0.2) is 41.9 Å². The third-order valence-electron chi connectivity index (χ3n) is 4.36. The fraction of sp³-hybridized carbons (Fsp3) is 0.278. The van der Waals surface area contributed by atoms with Crippen LogP contribution in [0.15, 0.2) is 51.0 Å². The van der Waals surface area contributed by atoms with Crippen LogP contribution in [0.1, 0.15) is 28.1 Å². The SMILES string of the molecule is O=C(Nc1nnc(SCc2cccs2)s1)c1ccc(S(=O)(=O)N2CCCC2)cc1. The maximum atomic E-state index is 12.6. The summed E-state index contributed by atoms with van der Waals surface area (Å²) in [5, 5.41) is 13.3. The molecule has 11 heteroatoms. The van der Waals surface area contributed by atoms with Gasteiger partial charge in [0, 0.05) is 29.3 Å². The maximum absolute atomic E-state index is 12.6. The normalized spacial score (nSPS) is 14.9. The topological polar surface area (TPSA) is 92.3 Å². The molecular formula is C18H18N4O3S4. The number of nitrogens with one attached hydrogen (secondary N) is 1. The van der Waals surface area contributed by atoms with Gasteiger partial charge in [-0.25, -0.2) is 8.42 Å². The highest BCUT2D eigenvalue weighted by atomic mass is 32.2. The first kappa shape index (κ1) is 20.5. The molecule has 3 aromatic rings. The summed E-state index contributed by atoms with van der Waals surface area (Å²) < 4.78 is 27.4. The lowest BCUT2D eigenvalue weighted by atomic mass is 10.2. The molecule has 0 saturated carbocycles. The molecule has 0 unspecified atom stereocenters. The lowest BCUT2D eigenvalue weighted by molar-refractivity contribution is 0.102. The van der Waals surface area contributed by atoms with Crippen molar-refractivity contribution in [2.75, 3.05) is 18.4 Å². The number of thiophene rings is 1. The number of amides is 1. The maximum Gasteiger partial charge on any atom is 0.257 e. The highest BCUT2D eigenvalue weighted by Crippen LogP contribution is 2.29. The average Bonchev–Trinajstić information content (AvgIpc) is 3.49. The molecule has 1 aliphatic heterocycles. The summed E-state index contributed by atoms with van der Waals surface area (Å²) in [6.07, 6.45) is 1.77.